The summed E-state index contributed by atoms with van der Waals surface area (Å²) in [6.07, 6.45) is 4.55. The summed E-state index contributed by atoms with van der Waals surface area (Å²) in [7, 11) is 0. The zero-order chi connectivity index (χ0) is 12.3. The normalized spacial score (nSPS) is 14.2. The van der Waals surface area contributed by atoms with Crippen molar-refractivity contribution < 1.29 is 0 Å². The van der Waals surface area contributed by atoms with Crippen molar-refractivity contribution in [1.29, 1.82) is 0 Å². The van der Waals surface area contributed by atoms with E-state index in [1.54, 1.807) is 0 Å². The lowest BCUT2D eigenvalue weighted by Gasteiger charge is -2.27. The Morgan fingerprint density at radius 1 is 1.13 bits per heavy atom. The summed E-state index contributed by atoms with van der Waals surface area (Å²) in [6.45, 7) is 19.9. The number of hydrogen-bond acceptors (Lipinski definition) is 0. The van der Waals surface area contributed by atoms with E-state index in [4.69, 9.17) is 0 Å². The van der Waals surface area contributed by atoms with Gasteiger partial charge in [0.05, 0.1) is 0 Å². The van der Waals surface area contributed by atoms with Gasteiger partial charge in [0.25, 0.3) is 0 Å². The van der Waals surface area contributed by atoms with Gasteiger partial charge >= 0.3 is 0 Å². The van der Waals surface area contributed by atoms with Gasteiger partial charge in [-0.3, -0.25) is 0 Å². The van der Waals surface area contributed by atoms with Crippen LogP contribution in [0.4, 0.5) is 0 Å². The van der Waals surface area contributed by atoms with Gasteiger partial charge < -0.3 is 0 Å². The summed E-state index contributed by atoms with van der Waals surface area (Å²) in [5.74, 6) is 0. The number of rotatable bonds is 4. The van der Waals surface area contributed by atoms with Crippen LogP contribution in [-0.4, -0.2) is 0 Å². The minimum absolute atomic E-state index is 0.237. The first-order valence-corrected chi connectivity index (χ1v) is 5.96. The highest BCUT2D eigenvalue weighted by atomic mass is 14.3. The van der Waals surface area contributed by atoms with Crippen LogP contribution in [0.5, 0.6) is 0 Å². The fourth-order valence-corrected chi connectivity index (χ4v) is 1.34. The third kappa shape index (κ3) is 4.68. The van der Waals surface area contributed by atoms with Crippen molar-refractivity contribution in [3.05, 3.63) is 23.8 Å². The van der Waals surface area contributed by atoms with E-state index in [1.165, 1.54) is 11.1 Å². The molecule has 0 aromatic carbocycles. The summed E-state index contributed by atoms with van der Waals surface area (Å²) in [6, 6.07) is 0. The van der Waals surface area contributed by atoms with Crippen LogP contribution in [0, 0.1) is 10.8 Å². The first-order valence-electron chi connectivity index (χ1n) is 5.96. The van der Waals surface area contributed by atoms with Crippen LogP contribution in [0.2, 0.25) is 0 Å². The highest BCUT2D eigenvalue weighted by Gasteiger charge is 2.20. The topological polar surface area (TPSA) is 0 Å². The third-order valence-electron chi connectivity index (χ3n) is 3.49. The van der Waals surface area contributed by atoms with Gasteiger partial charge in [-0.1, -0.05) is 65.3 Å². The van der Waals surface area contributed by atoms with E-state index in [9.17, 15) is 0 Å². The first kappa shape index (κ1) is 14.5. The summed E-state index contributed by atoms with van der Waals surface area (Å²) in [5.41, 5.74) is 3.35. The molecule has 0 amide bonds. The van der Waals surface area contributed by atoms with Crippen LogP contribution >= 0.6 is 0 Å². The van der Waals surface area contributed by atoms with Crippen molar-refractivity contribution in [2.75, 3.05) is 0 Å². The highest BCUT2D eigenvalue weighted by Crippen LogP contribution is 2.34. The van der Waals surface area contributed by atoms with Crippen LogP contribution < -0.4 is 0 Å². The van der Waals surface area contributed by atoms with Gasteiger partial charge in [-0.2, -0.15) is 0 Å². The molecule has 0 aromatic rings. The molecule has 0 N–H and O–H groups in total. The first-order chi connectivity index (χ1) is 6.61. The molecule has 0 heterocycles. The Bertz CT molecular complexity index is 246. The van der Waals surface area contributed by atoms with Gasteiger partial charge in [0, 0.05) is 0 Å². The van der Waals surface area contributed by atoms with Crippen molar-refractivity contribution in [1.82, 2.24) is 0 Å². The lowest BCUT2D eigenvalue weighted by molar-refractivity contribution is 0.432. The Labute approximate surface area is 96.5 Å². The molecule has 0 rings (SSSR count). The number of hydrogen-bond donors (Lipinski definition) is 0. The smallest absolute Gasteiger partial charge is 0.0113 e. The molecule has 15 heavy (non-hydrogen) atoms. The van der Waals surface area contributed by atoms with Crippen molar-refractivity contribution in [3.63, 3.8) is 0 Å². The maximum Gasteiger partial charge on any atom is -0.0113 e. The molecule has 0 atom stereocenters. The van der Waals surface area contributed by atoms with Gasteiger partial charge in [-0.15, -0.1) is 0 Å². The Morgan fingerprint density at radius 3 is 1.93 bits per heavy atom. The molecule has 0 radical (unpaired) electrons. The highest BCUT2D eigenvalue weighted by molar-refractivity contribution is 5.13. The second-order valence-electron chi connectivity index (χ2n) is 6.18. The van der Waals surface area contributed by atoms with Gasteiger partial charge in [0.2, 0.25) is 0 Å². The van der Waals surface area contributed by atoms with Gasteiger partial charge in [0.15, 0.2) is 0 Å². The zero-order valence-electron chi connectivity index (χ0n) is 11.7. The summed E-state index contributed by atoms with van der Waals surface area (Å²) in [4.78, 5) is 0. The van der Waals surface area contributed by atoms with E-state index in [2.05, 4.69) is 61.1 Å². The molecule has 88 valence electrons. The van der Waals surface area contributed by atoms with Crippen LogP contribution in [0.3, 0.4) is 0 Å². The van der Waals surface area contributed by atoms with Crippen molar-refractivity contribution >= 4 is 0 Å². The van der Waals surface area contributed by atoms with E-state index < -0.39 is 0 Å². The van der Waals surface area contributed by atoms with Crippen LogP contribution in [0.15, 0.2) is 23.8 Å². The minimum atomic E-state index is 0.237. The van der Waals surface area contributed by atoms with Crippen molar-refractivity contribution in [2.45, 2.75) is 61.3 Å². The number of allylic oxidation sites excluding steroid dienone is 3. The van der Waals surface area contributed by atoms with Crippen LogP contribution in [0.25, 0.3) is 0 Å². The quantitative estimate of drug-likeness (QED) is 0.545. The molecule has 0 aliphatic carbocycles. The zero-order valence-corrected chi connectivity index (χ0v) is 11.7. The molecule has 0 saturated heterocycles. The molecule has 0 aromatic heterocycles. The summed E-state index contributed by atoms with van der Waals surface area (Å²) < 4.78 is 0. The minimum Gasteiger partial charge on any atom is -0.0993 e. The standard InChI is InChI=1S/C15H28/c1-9-12(2)15(7,8)11-10-13(3)14(4,5)6/h10H,2,9,11H2,1,3-8H3. The van der Waals surface area contributed by atoms with E-state index in [1.807, 2.05) is 0 Å². The summed E-state index contributed by atoms with van der Waals surface area (Å²) >= 11 is 0. The van der Waals surface area contributed by atoms with Gasteiger partial charge in [-0.25, -0.2) is 0 Å². The fraction of sp³-hybridized carbons (Fsp3) is 0.733. The molecule has 0 saturated carbocycles. The monoisotopic (exact) mass is 208 g/mol. The van der Waals surface area contributed by atoms with E-state index in [0.29, 0.717) is 5.41 Å². The largest absolute Gasteiger partial charge is 0.0993 e. The molecule has 0 heteroatoms. The fourth-order valence-electron chi connectivity index (χ4n) is 1.34. The average molecular weight is 208 g/mol. The molecule has 0 nitrogen and oxygen atoms in total. The Hall–Kier alpha value is -0.520. The SMILES string of the molecule is C=C(CC)C(C)(C)CC=C(C)C(C)(C)C. The lowest BCUT2D eigenvalue weighted by atomic mass is 9.78. The van der Waals surface area contributed by atoms with Crippen molar-refractivity contribution in [3.8, 4) is 0 Å². The lowest BCUT2D eigenvalue weighted by Crippen LogP contribution is -2.14. The second kappa shape index (κ2) is 5.01. The molecule has 0 spiro atoms. The Morgan fingerprint density at radius 2 is 1.60 bits per heavy atom. The Balaban J connectivity index is 4.57. The van der Waals surface area contributed by atoms with Crippen LogP contribution in [-0.2, 0) is 0 Å². The van der Waals surface area contributed by atoms with Gasteiger partial charge in [-0.05, 0) is 30.6 Å². The maximum atomic E-state index is 4.16. The van der Waals surface area contributed by atoms with E-state index in [-0.39, 0.29) is 5.41 Å². The molecule has 0 aliphatic heterocycles. The Kier molecular flexibility index (Phi) is 4.83. The van der Waals surface area contributed by atoms with E-state index >= 15 is 0 Å². The molecular weight excluding hydrogens is 180 g/mol. The summed E-state index contributed by atoms with van der Waals surface area (Å²) in [5, 5.41) is 0. The van der Waals surface area contributed by atoms with Gasteiger partial charge in [0.1, 0.15) is 0 Å². The predicted molar refractivity (Wildman–Crippen MR) is 71.0 cm³/mol. The second-order valence-corrected chi connectivity index (χ2v) is 6.18. The van der Waals surface area contributed by atoms with Crippen molar-refractivity contribution in [2.24, 2.45) is 10.8 Å². The molecule has 0 fully saturated rings. The maximum absolute atomic E-state index is 4.16. The average Bonchev–Trinajstić information content (AvgIpc) is 2.11. The predicted octanol–water partition coefficient (Wildman–Crippen LogP) is 5.36. The molecule has 0 unspecified atom stereocenters. The molecule has 0 bridgehead atoms. The molecular formula is C15H28. The molecule has 0 aliphatic rings. The van der Waals surface area contributed by atoms with E-state index in [0.717, 1.165) is 12.8 Å². The van der Waals surface area contributed by atoms with Crippen LogP contribution in [0.1, 0.15) is 61.3 Å². The third-order valence-corrected chi connectivity index (χ3v) is 3.49.